The van der Waals surface area contributed by atoms with Gasteiger partial charge in [-0.3, -0.25) is 4.79 Å². The highest BCUT2D eigenvalue weighted by Gasteiger charge is 2.39. The molecule has 5 rings (SSSR count). The minimum atomic E-state index is -4.96. The van der Waals surface area contributed by atoms with E-state index in [1.165, 1.54) is 28.6 Å². The third kappa shape index (κ3) is 10.3. The van der Waals surface area contributed by atoms with Gasteiger partial charge in [0.15, 0.2) is 0 Å². The van der Waals surface area contributed by atoms with Crippen LogP contribution >= 0.6 is 0 Å². The number of carbonyl (C=O) groups is 2. The van der Waals surface area contributed by atoms with Gasteiger partial charge in [-0.2, -0.15) is 4.31 Å². The number of hydrogen-bond acceptors (Lipinski definition) is 7. The van der Waals surface area contributed by atoms with E-state index >= 15 is 4.39 Å². The lowest BCUT2D eigenvalue weighted by molar-refractivity contribution is -0.274. The maximum absolute atomic E-state index is 15.5. The molecule has 300 valence electrons. The Hall–Kier alpha value is -5.20. The lowest BCUT2D eigenvalue weighted by Gasteiger charge is -2.40. The van der Waals surface area contributed by atoms with Gasteiger partial charge in [0.05, 0.1) is 12.0 Å². The maximum Gasteiger partial charge on any atom is 0.573 e. The van der Waals surface area contributed by atoms with Gasteiger partial charge in [-0.05, 0) is 98.0 Å². The smallest absolute Gasteiger partial charge is 0.453 e. The quantitative estimate of drug-likeness (QED) is 0.124. The average Bonchev–Trinajstić information content (AvgIpc) is 3.12. The van der Waals surface area contributed by atoms with E-state index in [1.807, 2.05) is 0 Å². The normalized spacial score (nSPS) is 17.4. The van der Waals surface area contributed by atoms with Crippen LogP contribution in [-0.2, 0) is 26.0 Å². The molecular weight excluding hydrogens is 773 g/mol. The number of alkyl halides is 3. The van der Waals surface area contributed by atoms with Crippen LogP contribution in [0.2, 0.25) is 0 Å². The molecule has 18 heteroatoms. The second-order valence-corrected chi connectivity index (χ2v) is 14.9. The Labute approximate surface area is 318 Å². The van der Waals surface area contributed by atoms with Crippen LogP contribution in [-0.4, -0.2) is 69.4 Å². The summed E-state index contributed by atoms with van der Waals surface area (Å²) in [6.07, 6.45) is -5.68. The molecule has 1 aliphatic heterocycles. The van der Waals surface area contributed by atoms with Gasteiger partial charge in [-0.15, -0.1) is 13.2 Å². The van der Waals surface area contributed by atoms with Crippen molar-refractivity contribution >= 4 is 27.7 Å². The average molecular weight is 811 g/mol. The number of amides is 2. The maximum atomic E-state index is 15.5. The fraction of sp³-hybridized carbons (Fsp3) is 0.316. The number of anilines is 1. The van der Waals surface area contributed by atoms with Gasteiger partial charge in [-0.25, -0.2) is 30.8 Å². The topological polar surface area (TPSA) is 126 Å². The van der Waals surface area contributed by atoms with Crippen LogP contribution in [0.25, 0.3) is 0 Å². The van der Waals surface area contributed by atoms with Crippen molar-refractivity contribution in [2.75, 3.05) is 25.5 Å². The second-order valence-electron chi connectivity index (χ2n) is 13.0. The highest BCUT2D eigenvalue weighted by atomic mass is 32.2. The fourth-order valence-electron chi connectivity index (χ4n) is 6.74. The summed E-state index contributed by atoms with van der Waals surface area (Å²) >= 11 is 0. The standard InChI is InChI=1S/C38H37F7N4O6S/c1-22-20-46-21-28(49(22)56(52,53)30-15-13-29(14-16-30)55-38(43,44)45)5-3-6-31-32(42)7-4-8-33(31)47-36(50)35(48-37(51)54-2)34(23-9-11-25(39)12-10-23)24-17-26(40)19-27(41)18-24/h4,7-19,22,28,34-35,46H,3,5-6,20-21H2,1-2H3,(H,47,50)(H,48,51)/t22-,28+,34+,35+/m1/s1. The van der Waals surface area contributed by atoms with Gasteiger partial charge in [0.2, 0.25) is 15.9 Å². The number of halogens is 7. The van der Waals surface area contributed by atoms with Gasteiger partial charge in [-0.1, -0.05) is 18.2 Å². The van der Waals surface area contributed by atoms with Crippen molar-refractivity contribution in [3.63, 3.8) is 0 Å². The first kappa shape index (κ1) is 42.0. The van der Waals surface area contributed by atoms with Crippen molar-refractivity contribution in [3.8, 4) is 5.75 Å². The molecule has 0 saturated carbocycles. The number of sulfonamides is 1. The highest BCUT2D eigenvalue weighted by Crippen LogP contribution is 2.33. The van der Waals surface area contributed by atoms with Crippen molar-refractivity contribution in [1.82, 2.24) is 14.9 Å². The zero-order valence-electron chi connectivity index (χ0n) is 29.9. The van der Waals surface area contributed by atoms with Crippen LogP contribution in [0.3, 0.4) is 0 Å². The Morgan fingerprint density at radius 2 is 1.55 bits per heavy atom. The Morgan fingerprint density at radius 3 is 2.18 bits per heavy atom. The first-order valence-electron chi connectivity index (χ1n) is 17.2. The Balaban J connectivity index is 1.38. The minimum absolute atomic E-state index is 0.0177. The van der Waals surface area contributed by atoms with Crippen LogP contribution in [0, 0.1) is 23.3 Å². The second kappa shape index (κ2) is 17.7. The van der Waals surface area contributed by atoms with E-state index < -0.39 is 81.4 Å². The molecular formula is C38H37F7N4O6S. The SMILES string of the molecule is COC(=O)N[C@H](C(=O)Nc1cccc(F)c1CCC[C@H]1CNC[C@@H](C)N1S(=O)(=O)c1ccc(OC(F)(F)F)cc1)[C@@H](c1ccc(F)cc1)c1cc(F)cc(F)c1. The zero-order valence-corrected chi connectivity index (χ0v) is 30.7. The molecule has 4 aromatic rings. The lowest BCUT2D eigenvalue weighted by atomic mass is 9.84. The molecule has 0 radical (unpaired) electrons. The summed E-state index contributed by atoms with van der Waals surface area (Å²) in [4.78, 5) is 26.4. The molecule has 0 spiro atoms. The van der Waals surface area contributed by atoms with Crippen LogP contribution in [0.5, 0.6) is 5.75 Å². The molecule has 56 heavy (non-hydrogen) atoms. The fourth-order valence-corrected chi connectivity index (χ4v) is 8.58. The minimum Gasteiger partial charge on any atom is -0.453 e. The van der Waals surface area contributed by atoms with E-state index in [0.717, 1.165) is 61.7 Å². The molecule has 0 aliphatic carbocycles. The summed E-state index contributed by atoms with van der Waals surface area (Å²) in [6.45, 7) is 2.17. The Morgan fingerprint density at radius 1 is 0.893 bits per heavy atom. The van der Waals surface area contributed by atoms with Crippen molar-refractivity contribution in [3.05, 3.63) is 125 Å². The first-order valence-corrected chi connectivity index (χ1v) is 18.6. The molecule has 4 aromatic carbocycles. The molecule has 0 unspecified atom stereocenters. The van der Waals surface area contributed by atoms with E-state index in [4.69, 9.17) is 4.74 Å². The van der Waals surface area contributed by atoms with E-state index in [9.17, 15) is 44.3 Å². The van der Waals surface area contributed by atoms with Crippen LogP contribution in [0.1, 0.15) is 42.4 Å². The Kier molecular flexibility index (Phi) is 13.3. The number of methoxy groups -OCH3 is 1. The molecule has 10 nitrogen and oxygen atoms in total. The van der Waals surface area contributed by atoms with Crippen LogP contribution < -0.4 is 20.7 Å². The van der Waals surface area contributed by atoms with Crippen LogP contribution in [0.15, 0.2) is 89.8 Å². The summed E-state index contributed by atoms with van der Waals surface area (Å²) in [7, 11) is -3.19. The van der Waals surface area contributed by atoms with Gasteiger partial charge in [0.1, 0.15) is 35.1 Å². The number of ether oxygens (including phenoxy) is 2. The Bertz CT molecular complexity index is 2100. The summed E-state index contributed by atoms with van der Waals surface area (Å²) in [5.41, 5.74) is 0.105. The molecule has 4 atom stereocenters. The van der Waals surface area contributed by atoms with E-state index in [2.05, 4.69) is 20.7 Å². The van der Waals surface area contributed by atoms with Crippen molar-refractivity contribution < 1.29 is 58.2 Å². The van der Waals surface area contributed by atoms with E-state index in [0.29, 0.717) is 6.07 Å². The number of nitrogens with one attached hydrogen (secondary N) is 3. The molecule has 1 heterocycles. The number of nitrogens with zero attached hydrogens (tertiary/aromatic N) is 1. The number of piperazine rings is 1. The van der Waals surface area contributed by atoms with Crippen molar-refractivity contribution in [2.45, 2.75) is 61.5 Å². The number of rotatable bonds is 13. The summed E-state index contributed by atoms with van der Waals surface area (Å²) in [5, 5.41) is 8.13. The number of alkyl carbamates (subject to hydrolysis) is 1. The molecule has 2 amide bonds. The molecule has 0 bridgehead atoms. The third-order valence-electron chi connectivity index (χ3n) is 9.14. The number of benzene rings is 4. The number of carbonyl (C=O) groups excluding carboxylic acids is 2. The highest BCUT2D eigenvalue weighted by molar-refractivity contribution is 7.89. The van der Waals surface area contributed by atoms with Gasteiger partial charge >= 0.3 is 12.5 Å². The molecule has 1 fully saturated rings. The van der Waals surface area contributed by atoms with Crippen molar-refractivity contribution in [2.24, 2.45) is 0 Å². The first-order chi connectivity index (χ1) is 26.5. The number of hydrogen-bond donors (Lipinski definition) is 3. The summed E-state index contributed by atoms with van der Waals surface area (Å²) < 4.78 is 134. The van der Waals surface area contributed by atoms with E-state index in [-0.39, 0.29) is 59.6 Å². The predicted molar refractivity (Wildman–Crippen MR) is 190 cm³/mol. The molecule has 1 aliphatic rings. The monoisotopic (exact) mass is 810 g/mol. The molecule has 1 saturated heterocycles. The third-order valence-corrected chi connectivity index (χ3v) is 11.2. The summed E-state index contributed by atoms with van der Waals surface area (Å²) in [5.74, 6) is -6.18. The molecule has 0 aromatic heterocycles. The van der Waals surface area contributed by atoms with Gasteiger partial charge in [0, 0.05) is 48.4 Å². The van der Waals surface area contributed by atoms with Gasteiger partial charge in [0.25, 0.3) is 0 Å². The summed E-state index contributed by atoms with van der Waals surface area (Å²) in [6, 6.07) is 12.0. The largest absolute Gasteiger partial charge is 0.573 e. The van der Waals surface area contributed by atoms with Gasteiger partial charge < -0.3 is 25.4 Å². The zero-order chi connectivity index (χ0) is 40.8. The van der Waals surface area contributed by atoms with Crippen molar-refractivity contribution in [1.29, 1.82) is 0 Å². The van der Waals surface area contributed by atoms with E-state index in [1.54, 1.807) is 6.92 Å². The van der Waals surface area contributed by atoms with Crippen LogP contribution in [0.4, 0.5) is 41.2 Å². The predicted octanol–water partition coefficient (Wildman–Crippen LogP) is 7.01. The lowest BCUT2D eigenvalue weighted by Crippen LogP contribution is -2.58. The molecule has 3 N–H and O–H groups in total.